The Balaban J connectivity index is 2.50. The quantitative estimate of drug-likeness (QED) is 0.657. The van der Waals surface area contributed by atoms with Crippen molar-refractivity contribution in [2.24, 2.45) is 5.41 Å². The first-order valence-electron chi connectivity index (χ1n) is 4.97. The van der Waals surface area contributed by atoms with Crippen LogP contribution in [0.25, 0.3) is 5.57 Å². The summed E-state index contributed by atoms with van der Waals surface area (Å²) in [6.07, 6.45) is 2.84. The molecule has 1 aliphatic rings. The van der Waals surface area contributed by atoms with Gasteiger partial charge in [0.15, 0.2) is 5.78 Å². The van der Waals surface area contributed by atoms with Gasteiger partial charge in [0.1, 0.15) is 0 Å². The molecule has 0 saturated carbocycles. The average Bonchev–Trinajstić information content (AvgIpc) is 2.63. The van der Waals surface area contributed by atoms with Crippen molar-refractivity contribution >= 4 is 22.7 Å². The Labute approximate surface area is 94.1 Å². The second kappa shape index (κ2) is 3.46. The van der Waals surface area contributed by atoms with Crippen LogP contribution in [0.1, 0.15) is 25.8 Å². The Bertz CT molecular complexity index is 435. The fourth-order valence-corrected chi connectivity index (χ4v) is 2.62. The van der Waals surface area contributed by atoms with E-state index >= 15 is 0 Å². The smallest absolute Gasteiger partial charge is 0.188 e. The third kappa shape index (κ3) is 1.95. The van der Waals surface area contributed by atoms with Crippen LogP contribution in [-0.4, -0.2) is 5.78 Å². The van der Waals surface area contributed by atoms with E-state index in [1.807, 2.05) is 16.8 Å². The number of carbonyl (C=O) groups is 1. The maximum atomic E-state index is 11.9. The summed E-state index contributed by atoms with van der Waals surface area (Å²) in [4.78, 5) is 11.9. The molecule has 0 N–H and O–H groups in total. The molecule has 0 saturated heterocycles. The summed E-state index contributed by atoms with van der Waals surface area (Å²) >= 11 is 1.61. The number of thiophene rings is 1. The van der Waals surface area contributed by atoms with E-state index in [2.05, 4.69) is 26.5 Å². The van der Waals surface area contributed by atoms with Crippen molar-refractivity contribution in [2.75, 3.05) is 0 Å². The summed E-state index contributed by atoms with van der Waals surface area (Å²) in [5, 5.41) is 4.01. The van der Waals surface area contributed by atoms with Crippen molar-refractivity contribution in [1.82, 2.24) is 0 Å². The zero-order valence-electron chi connectivity index (χ0n) is 9.04. The molecule has 2 heteroatoms. The molecule has 1 aliphatic carbocycles. The highest BCUT2D eigenvalue weighted by atomic mass is 32.1. The first-order valence-corrected chi connectivity index (χ1v) is 5.92. The van der Waals surface area contributed by atoms with E-state index in [9.17, 15) is 4.79 Å². The number of hydrogen-bond donors (Lipinski definition) is 0. The minimum atomic E-state index is 0.0439. The van der Waals surface area contributed by atoms with Gasteiger partial charge in [0.05, 0.1) is 0 Å². The van der Waals surface area contributed by atoms with Gasteiger partial charge in [-0.05, 0) is 39.8 Å². The normalized spacial score (nSPS) is 20.3. The maximum absolute atomic E-state index is 11.9. The molecule has 0 aliphatic heterocycles. The minimum Gasteiger partial charge on any atom is -0.289 e. The van der Waals surface area contributed by atoms with Gasteiger partial charge in [-0.2, -0.15) is 11.3 Å². The third-order valence-corrected chi connectivity index (χ3v) is 3.29. The predicted molar refractivity (Wildman–Crippen MR) is 64.8 cm³/mol. The van der Waals surface area contributed by atoms with Crippen molar-refractivity contribution < 1.29 is 4.79 Å². The van der Waals surface area contributed by atoms with Crippen molar-refractivity contribution in [2.45, 2.75) is 20.3 Å². The van der Waals surface area contributed by atoms with Crippen LogP contribution in [0.15, 0.2) is 35.1 Å². The van der Waals surface area contributed by atoms with Crippen molar-refractivity contribution in [3.63, 3.8) is 0 Å². The molecule has 0 radical (unpaired) electrons. The minimum absolute atomic E-state index is 0.0439. The second-order valence-corrected chi connectivity index (χ2v) is 5.45. The van der Waals surface area contributed by atoms with Crippen LogP contribution in [0.5, 0.6) is 0 Å². The Morgan fingerprint density at radius 2 is 2.20 bits per heavy atom. The van der Waals surface area contributed by atoms with Gasteiger partial charge in [0.2, 0.25) is 0 Å². The standard InChI is InChI=1S/C13H14OS/c1-9-6-13(2,3)7-11(12(9)14)10-4-5-15-8-10/h4-5,7-8H,1,6H2,2-3H3. The summed E-state index contributed by atoms with van der Waals surface area (Å²) in [5.41, 5.74) is 2.61. The summed E-state index contributed by atoms with van der Waals surface area (Å²) in [7, 11) is 0. The van der Waals surface area contributed by atoms with Gasteiger partial charge in [-0.15, -0.1) is 0 Å². The van der Waals surface area contributed by atoms with E-state index in [-0.39, 0.29) is 11.2 Å². The molecule has 0 atom stereocenters. The lowest BCUT2D eigenvalue weighted by molar-refractivity contribution is -0.111. The summed E-state index contributed by atoms with van der Waals surface area (Å²) < 4.78 is 0. The number of Topliss-reactive ketones (excluding diaryl/α,β-unsaturated/α-hetero) is 1. The van der Waals surface area contributed by atoms with Gasteiger partial charge in [-0.1, -0.05) is 26.5 Å². The Morgan fingerprint density at radius 3 is 2.80 bits per heavy atom. The number of ketones is 1. The van der Waals surface area contributed by atoms with Crippen molar-refractivity contribution in [1.29, 1.82) is 0 Å². The average molecular weight is 218 g/mol. The van der Waals surface area contributed by atoms with Gasteiger partial charge >= 0.3 is 0 Å². The topological polar surface area (TPSA) is 17.1 Å². The molecular weight excluding hydrogens is 204 g/mol. The lowest BCUT2D eigenvalue weighted by Gasteiger charge is -2.27. The Morgan fingerprint density at radius 1 is 1.47 bits per heavy atom. The first-order chi connectivity index (χ1) is 6.99. The molecule has 1 aromatic heterocycles. The molecule has 0 bridgehead atoms. The van der Waals surface area contributed by atoms with Crippen LogP contribution < -0.4 is 0 Å². The van der Waals surface area contributed by atoms with Crippen molar-refractivity contribution in [3.8, 4) is 0 Å². The molecule has 0 unspecified atom stereocenters. The largest absolute Gasteiger partial charge is 0.289 e. The second-order valence-electron chi connectivity index (χ2n) is 4.67. The first kappa shape index (κ1) is 10.4. The highest BCUT2D eigenvalue weighted by Crippen LogP contribution is 2.37. The lowest BCUT2D eigenvalue weighted by atomic mass is 9.75. The molecule has 0 amide bonds. The molecule has 0 spiro atoms. The zero-order valence-corrected chi connectivity index (χ0v) is 9.86. The number of carbonyl (C=O) groups excluding carboxylic acids is 1. The van der Waals surface area contributed by atoms with Gasteiger partial charge in [-0.25, -0.2) is 0 Å². The molecule has 1 nitrogen and oxygen atoms in total. The van der Waals surface area contributed by atoms with Gasteiger partial charge in [0, 0.05) is 5.57 Å². The summed E-state index contributed by atoms with van der Waals surface area (Å²) in [6.45, 7) is 8.14. The highest BCUT2D eigenvalue weighted by molar-refractivity contribution is 7.08. The molecule has 15 heavy (non-hydrogen) atoms. The van der Waals surface area contributed by atoms with E-state index in [0.717, 1.165) is 23.1 Å². The van der Waals surface area contributed by atoms with E-state index in [0.29, 0.717) is 0 Å². The van der Waals surface area contributed by atoms with Crippen LogP contribution in [0.3, 0.4) is 0 Å². The predicted octanol–water partition coefficient (Wildman–Crippen LogP) is 3.69. The molecule has 1 aromatic rings. The van der Waals surface area contributed by atoms with Crippen LogP contribution in [-0.2, 0) is 4.79 Å². The van der Waals surface area contributed by atoms with E-state index in [1.165, 1.54) is 0 Å². The summed E-state index contributed by atoms with van der Waals surface area (Å²) in [6, 6.07) is 1.99. The fourth-order valence-electron chi connectivity index (χ4n) is 1.96. The molecule has 2 rings (SSSR count). The highest BCUT2D eigenvalue weighted by Gasteiger charge is 2.29. The third-order valence-electron chi connectivity index (χ3n) is 2.60. The monoisotopic (exact) mass is 218 g/mol. The number of allylic oxidation sites excluding steroid dienone is 3. The SMILES string of the molecule is C=C1CC(C)(C)C=C(c2ccsc2)C1=O. The van der Waals surface area contributed by atoms with Crippen LogP contribution in [0, 0.1) is 5.41 Å². The molecule has 0 aromatic carbocycles. The lowest BCUT2D eigenvalue weighted by Crippen LogP contribution is -2.21. The van der Waals surface area contributed by atoms with E-state index < -0.39 is 0 Å². The molecular formula is C13H14OS. The van der Waals surface area contributed by atoms with E-state index in [4.69, 9.17) is 0 Å². The Kier molecular flexibility index (Phi) is 2.39. The molecule has 1 heterocycles. The van der Waals surface area contributed by atoms with Crippen molar-refractivity contribution in [3.05, 3.63) is 40.6 Å². The van der Waals surface area contributed by atoms with Gasteiger partial charge in [0.25, 0.3) is 0 Å². The van der Waals surface area contributed by atoms with E-state index in [1.54, 1.807) is 11.3 Å². The van der Waals surface area contributed by atoms with Crippen LogP contribution in [0.4, 0.5) is 0 Å². The molecule has 0 fully saturated rings. The molecule has 78 valence electrons. The number of rotatable bonds is 1. The maximum Gasteiger partial charge on any atom is 0.188 e. The van der Waals surface area contributed by atoms with Gasteiger partial charge < -0.3 is 0 Å². The van der Waals surface area contributed by atoms with Crippen LogP contribution in [0.2, 0.25) is 0 Å². The zero-order chi connectivity index (χ0) is 11.1. The Hall–Kier alpha value is -1.15. The van der Waals surface area contributed by atoms with Crippen LogP contribution >= 0.6 is 11.3 Å². The fraction of sp³-hybridized carbons (Fsp3) is 0.308. The summed E-state index contributed by atoms with van der Waals surface area (Å²) in [5.74, 6) is 0.104. The van der Waals surface area contributed by atoms with Gasteiger partial charge in [-0.3, -0.25) is 4.79 Å². The number of hydrogen-bond acceptors (Lipinski definition) is 2.